The Balaban J connectivity index is 2.12. The lowest BCUT2D eigenvalue weighted by Crippen LogP contribution is -1.93. The number of benzene rings is 1. The van der Waals surface area contributed by atoms with Crippen LogP contribution >= 0.6 is 22.9 Å². The molecule has 1 aromatic heterocycles. The zero-order chi connectivity index (χ0) is 13.1. The van der Waals surface area contributed by atoms with Crippen molar-refractivity contribution in [3.05, 3.63) is 45.2 Å². The van der Waals surface area contributed by atoms with E-state index < -0.39 is 5.82 Å². The maximum atomic E-state index is 13.4. The molecule has 1 heterocycles. The number of halogens is 2. The van der Waals surface area contributed by atoms with Gasteiger partial charge in [0.2, 0.25) is 5.13 Å². The minimum atomic E-state index is -0.403. The first kappa shape index (κ1) is 13.0. The molecule has 18 heavy (non-hydrogen) atoms. The van der Waals surface area contributed by atoms with E-state index in [0.717, 1.165) is 10.6 Å². The van der Waals surface area contributed by atoms with Gasteiger partial charge in [0.15, 0.2) is 0 Å². The number of rotatable bonds is 3. The van der Waals surface area contributed by atoms with Crippen molar-refractivity contribution in [2.45, 2.75) is 13.8 Å². The molecule has 0 bridgehead atoms. The van der Waals surface area contributed by atoms with E-state index in [-0.39, 0.29) is 5.56 Å². The standard InChI is InChI=1S/C12H11ClFN3S/c1-7-8(2)18-12(16-7)17-15-6-9-10(13)4-3-5-11(9)14/h3-6H,1-2H3,(H,16,17). The van der Waals surface area contributed by atoms with Crippen LogP contribution in [0.2, 0.25) is 5.02 Å². The second kappa shape index (κ2) is 5.46. The average Bonchev–Trinajstić information content (AvgIpc) is 2.62. The third-order valence-electron chi connectivity index (χ3n) is 2.38. The van der Waals surface area contributed by atoms with Crippen molar-refractivity contribution in [2.24, 2.45) is 5.10 Å². The molecule has 1 N–H and O–H groups in total. The Labute approximate surface area is 113 Å². The Kier molecular flexibility index (Phi) is 3.93. The van der Waals surface area contributed by atoms with Gasteiger partial charge >= 0.3 is 0 Å². The van der Waals surface area contributed by atoms with Crippen LogP contribution in [0.1, 0.15) is 16.1 Å². The van der Waals surface area contributed by atoms with Gasteiger partial charge in [-0.2, -0.15) is 5.10 Å². The van der Waals surface area contributed by atoms with E-state index in [0.29, 0.717) is 10.2 Å². The second-order valence-corrected chi connectivity index (χ2v) is 5.28. The first-order chi connectivity index (χ1) is 8.58. The summed E-state index contributed by atoms with van der Waals surface area (Å²) in [6.07, 6.45) is 1.35. The predicted octanol–water partition coefficient (Wildman–Crippen LogP) is 4.00. The van der Waals surface area contributed by atoms with Crippen LogP contribution in [0, 0.1) is 19.7 Å². The summed E-state index contributed by atoms with van der Waals surface area (Å²) in [6.45, 7) is 3.91. The van der Waals surface area contributed by atoms with Gasteiger partial charge in [-0.15, -0.1) is 11.3 Å². The van der Waals surface area contributed by atoms with E-state index in [2.05, 4.69) is 15.5 Å². The SMILES string of the molecule is Cc1nc(NN=Cc2c(F)cccc2Cl)sc1C. The predicted molar refractivity (Wildman–Crippen MR) is 74.2 cm³/mol. The Morgan fingerprint density at radius 3 is 2.83 bits per heavy atom. The highest BCUT2D eigenvalue weighted by Crippen LogP contribution is 2.21. The largest absolute Gasteiger partial charge is 0.253 e. The Hall–Kier alpha value is -1.46. The Morgan fingerprint density at radius 1 is 1.44 bits per heavy atom. The molecule has 0 saturated heterocycles. The fourth-order valence-electron chi connectivity index (χ4n) is 1.31. The van der Waals surface area contributed by atoms with Gasteiger partial charge in [-0.25, -0.2) is 9.37 Å². The summed E-state index contributed by atoms with van der Waals surface area (Å²) in [4.78, 5) is 5.38. The molecule has 2 aromatic rings. The summed E-state index contributed by atoms with van der Waals surface area (Å²) >= 11 is 7.36. The number of aryl methyl sites for hydroxylation is 2. The van der Waals surface area contributed by atoms with Crippen LogP contribution in [0.4, 0.5) is 9.52 Å². The monoisotopic (exact) mass is 283 g/mol. The van der Waals surface area contributed by atoms with Crippen molar-refractivity contribution in [1.82, 2.24) is 4.98 Å². The summed E-state index contributed by atoms with van der Waals surface area (Å²) in [5, 5.41) is 4.94. The van der Waals surface area contributed by atoms with Crippen molar-refractivity contribution < 1.29 is 4.39 Å². The molecular formula is C12H11ClFN3S. The number of nitrogens with zero attached hydrogens (tertiary/aromatic N) is 2. The van der Waals surface area contributed by atoms with Gasteiger partial charge in [0.1, 0.15) is 5.82 Å². The minimum absolute atomic E-state index is 0.261. The van der Waals surface area contributed by atoms with E-state index in [9.17, 15) is 4.39 Å². The zero-order valence-corrected chi connectivity index (χ0v) is 11.4. The normalized spacial score (nSPS) is 11.1. The topological polar surface area (TPSA) is 37.3 Å². The van der Waals surface area contributed by atoms with E-state index in [1.54, 1.807) is 12.1 Å². The second-order valence-electron chi connectivity index (χ2n) is 3.67. The molecule has 0 amide bonds. The molecule has 0 fully saturated rings. The molecule has 94 valence electrons. The average molecular weight is 284 g/mol. The maximum absolute atomic E-state index is 13.4. The van der Waals surface area contributed by atoms with Crippen LogP contribution in [0.25, 0.3) is 0 Å². The third kappa shape index (κ3) is 2.86. The van der Waals surface area contributed by atoms with E-state index >= 15 is 0 Å². The number of aromatic nitrogens is 1. The molecule has 0 unspecified atom stereocenters. The van der Waals surface area contributed by atoms with Crippen LogP contribution in [0.15, 0.2) is 23.3 Å². The summed E-state index contributed by atoms with van der Waals surface area (Å²) in [5.74, 6) is -0.403. The van der Waals surface area contributed by atoms with Crippen LogP contribution in [-0.4, -0.2) is 11.2 Å². The summed E-state index contributed by atoms with van der Waals surface area (Å²) < 4.78 is 13.4. The van der Waals surface area contributed by atoms with Gasteiger partial charge in [0.25, 0.3) is 0 Å². The lowest BCUT2D eigenvalue weighted by Gasteiger charge is -1.99. The van der Waals surface area contributed by atoms with Gasteiger partial charge in [0.05, 0.1) is 16.9 Å². The fourth-order valence-corrected chi connectivity index (χ4v) is 2.28. The maximum Gasteiger partial charge on any atom is 0.203 e. The van der Waals surface area contributed by atoms with Crippen LogP contribution in [-0.2, 0) is 0 Å². The van der Waals surface area contributed by atoms with Gasteiger partial charge in [-0.3, -0.25) is 5.43 Å². The van der Waals surface area contributed by atoms with Gasteiger partial charge in [-0.1, -0.05) is 17.7 Å². The molecule has 0 spiro atoms. The van der Waals surface area contributed by atoms with Crippen molar-refractivity contribution >= 4 is 34.3 Å². The molecule has 1 aromatic carbocycles. The number of thiazole rings is 1. The molecule has 0 atom stereocenters. The first-order valence-corrected chi connectivity index (χ1v) is 6.44. The minimum Gasteiger partial charge on any atom is -0.253 e. The van der Waals surface area contributed by atoms with E-state index in [4.69, 9.17) is 11.6 Å². The summed E-state index contributed by atoms with van der Waals surface area (Å²) in [7, 11) is 0. The number of nitrogens with one attached hydrogen (secondary N) is 1. The van der Waals surface area contributed by atoms with Crippen LogP contribution in [0.5, 0.6) is 0 Å². The molecule has 6 heteroatoms. The lowest BCUT2D eigenvalue weighted by molar-refractivity contribution is 0.626. The van der Waals surface area contributed by atoms with E-state index in [1.165, 1.54) is 23.6 Å². The highest BCUT2D eigenvalue weighted by molar-refractivity contribution is 7.15. The molecule has 0 aliphatic carbocycles. The highest BCUT2D eigenvalue weighted by atomic mass is 35.5. The Bertz CT molecular complexity index is 555. The lowest BCUT2D eigenvalue weighted by atomic mass is 10.2. The summed E-state index contributed by atoms with van der Waals surface area (Å²) in [5.41, 5.74) is 3.98. The molecule has 0 aliphatic rings. The Morgan fingerprint density at radius 2 is 2.22 bits per heavy atom. The molecule has 0 aliphatic heterocycles. The van der Waals surface area contributed by atoms with Crippen molar-refractivity contribution in [1.29, 1.82) is 0 Å². The molecular weight excluding hydrogens is 273 g/mol. The quantitative estimate of drug-likeness (QED) is 0.683. The smallest absolute Gasteiger partial charge is 0.203 e. The van der Waals surface area contributed by atoms with Gasteiger partial charge < -0.3 is 0 Å². The highest BCUT2D eigenvalue weighted by Gasteiger charge is 2.04. The number of hydrogen-bond acceptors (Lipinski definition) is 4. The molecule has 2 rings (SSSR count). The van der Waals surface area contributed by atoms with Gasteiger partial charge in [0, 0.05) is 10.4 Å². The van der Waals surface area contributed by atoms with Crippen LogP contribution in [0.3, 0.4) is 0 Å². The first-order valence-electron chi connectivity index (χ1n) is 5.25. The fraction of sp³-hybridized carbons (Fsp3) is 0.167. The van der Waals surface area contributed by atoms with Gasteiger partial charge in [-0.05, 0) is 26.0 Å². The zero-order valence-electron chi connectivity index (χ0n) is 9.87. The number of hydrazone groups is 1. The number of anilines is 1. The van der Waals surface area contributed by atoms with Crippen molar-refractivity contribution in [3.8, 4) is 0 Å². The molecule has 3 nitrogen and oxygen atoms in total. The van der Waals surface area contributed by atoms with E-state index in [1.807, 2.05) is 13.8 Å². The third-order valence-corrected chi connectivity index (χ3v) is 3.69. The molecule has 0 radical (unpaired) electrons. The summed E-state index contributed by atoms with van der Waals surface area (Å²) in [6, 6.07) is 4.50. The van der Waals surface area contributed by atoms with Crippen molar-refractivity contribution in [3.63, 3.8) is 0 Å². The molecule has 0 saturated carbocycles. The van der Waals surface area contributed by atoms with Crippen molar-refractivity contribution in [2.75, 3.05) is 5.43 Å². The number of hydrogen-bond donors (Lipinski definition) is 1. The van der Waals surface area contributed by atoms with Crippen LogP contribution < -0.4 is 5.43 Å².